The lowest BCUT2D eigenvalue weighted by Crippen LogP contribution is -2.12. The highest BCUT2D eigenvalue weighted by Crippen LogP contribution is 2.39. The Hall–Kier alpha value is -3.41. The largest absolute Gasteiger partial charge is 0.493 e. The Bertz CT molecular complexity index is 908. The minimum Gasteiger partial charge on any atom is -0.493 e. The van der Waals surface area contributed by atoms with Crippen LogP contribution in [0.1, 0.15) is 12.2 Å². The topological polar surface area (TPSA) is 69.9 Å². The lowest BCUT2D eigenvalue weighted by molar-refractivity contribution is -0.116. The SMILES string of the molecule is COc1cc(NC(=O)CCc2ccc(-c3ccccc3)o2)cc(OC)c1OC. The van der Waals surface area contributed by atoms with E-state index in [0.717, 1.165) is 17.1 Å². The fraction of sp³-hybridized carbons (Fsp3) is 0.227. The molecule has 0 unspecified atom stereocenters. The number of aryl methyl sites for hydroxylation is 1. The van der Waals surface area contributed by atoms with Crippen molar-refractivity contribution in [3.63, 3.8) is 0 Å². The van der Waals surface area contributed by atoms with Gasteiger partial charge in [-0.3, -0.25) is 4.79 Å². The molecule has 1 N–H and O–H groups in total. The van der Waals surface area contributed by atoms with E-state index < -0.39 is 0 Å². The number of anilines is 1. The molecule has 28 heavy (non-hydrogen) atoms. The Morgan fingerprint density at radius 2 is 1.61 bits per heavy atom. The monoisotopic (exact) mass is 381 g/mol. The van der Waals surface area contributed by atoms with Crippen LogP contribution < -0.4 is 19.5 Å². The summed E-state index contributed by atoms with van der Waals surface area (Å²) in [5, 5.41) is 2.86. The molecule has 146 valence electrons. The Labute approximate surface area is 164 Å². The van der Waals surface area contributed by atoms with E-state index in [2.05, 4.69) is 5.32 Å². The van der Waals surface area contributed by atoms with E-state index in [1.165, 1.54) is 21.3 Å². The molecular formula is C22H23NO5. The smallest absolute Gasteiger partial charge is 0.224 e. The fourth-order valence-electron chi connectivity index (χ4n) is 2.88. The molecule has 1 heterocycles. The highest BCUT2D eigenvalue weighted by atomic mass is 16.5. The van der Waals surface area contributed by atoms with E-state index in [-0.39, 0.29) is 5.91 Å². The van der Waals surface area contributed by atoms with Crippen LogP contribution in [0.3, 0.4) is 0 Å². The highest BCUT2D eigenvalue weighted by molar-refractivity contribution is 5.91. The zero-order chi connectivity index (χ0) is 19.9. The third kappa shape index (κ3) is 4.46. The molecule has 1 aromatic heterocycles. The van der Waals surface area contributed by atoms with Gasteiger partial charge in [0.2, 0.25) is 11.7 Å². The molecular weight excluding hydrogens is 358 g/mol. The van der Waals surface area contributed by atoms with Gasteiger partial charge in [0.25, 0.3) is 0 Å². The molecule has 0 saturated carbocycles. The van der Waals surface area contributed by atoms with Gasteiger partial charge in [0.15, 0.2) is 11.5 Å². The van der Waals surface area contributed by atoms with Crippen molar-refractivity contribution in [3.05, 3.63) is 60.4 Å². The molecule has 0 radical (unpaired) electrons. The summed E-state index contributed by atoms with van der Waals surface area (Å²) in [5.41, 5.74) is 1.58. The number of methoxy groups -OCH3 is 3. The summed E-state index contributed by atoms with van der Waals surface area (Å²) < 4.78 is 21.7. The van der Waals surface area contributed by atoms with Crippen molar-refractivity contribution in [2.45, 2.75) is 12.8 Å². The molecule has 3 rings (SSSR count). The first-order chi connectivity index (χ1) is 13.6. The summed E-state index contributed by atoms with van der Waals surface area (Å²) in [4.78, 5) is 12.4. The third-order valence-corrected chi connectivity index (χ3v) is 4.27. The van der Waals surface area contributed by atoms with Crippen LogP contribution in [-0.2, 0) is 11.2 Å². The number of benzene rings is 2. The molecule has 0 bridgehead atoms. The minimum absolute atomic E-state index is 0.132. The van der Waals surface area contributed by atoms with Crippen molar-refractivity contribution in [1.82, 2.24) is 0 Å². The second-order valence-electron chi connectivity index (χ2n) is 6.09. The number of carbonyl (C=O) groups excluding carboxylic acids is 1. The van der Waals surface area contributed by atoms with E-state index in [0.29, 0.717) is 35.8 Å². The van der Waals surface area contributed by atoms with Crippen molar-refractivity contribution in [3.8, 4) is 28.6 Å². The summed E-state index contributed by atoms with van der Waals surface area (Å²) in [7, 11) is 4.60. The van der Waals surface area contributed by atoms with Gasteiger partial charge < -0.3 is 23.9 Å². The summed E-state index contributed by atoms with van der Waals surface area (Å²) >= 11 is 0. The molecule has 0 fully saturated rings. The Morgan fingerprint density at radius 1 is 0.929 bits per heavy atom. The van der Waals surface area contributed by atoms with E-state index in [9.17, 15) is 4.79 Å². The number of furan rings is 1. The van der Waals surface area contributed by atoms with Crippen LogP contribution in [0.2, 0.25) is 0 Å². The molecule has 0 atom stereocenters. The first-order valence-corrected chi connectivity index (χ1v) is 8.88. The highest BCUT2D eigenvalue weighted by Gasteiger charge is 2.15. The Kier molecular flexibility index (Phi) is 6.22. The number of nitrogens with one attached hydrogen (secondary N) is 1. The lowest BCUT2D eigenvalue weighted by Gasteiger charge is -2.14. The average Bonchev–Trinajstić information content (AvgIpc) is 3.21. The molecule has 6 nitrogen and oxygen atoms in total. The van der Waals surface area contributed by atoms with E-state index in [1.807, 2.05) is 42.5 Å². The average molecular weight is 381 g/mol. The molecule has 6 heteroatoms. The molecule has 0 aliphatic carbocycles. The van der Waals surface area contributed by atoms with Crippen LogP contribution in [-0.4, -0.2) is 27.2 Å². The quantitative estimate of drug-likeness (QED) is 0.620. The predicted octanol–water partition coefficient (Wildman–Crippen LogP) is 4.54. The summed E-state index contributed by atoms with van der Waals surface area (Å²) in [6, 6.07) is 17.1. The summed E-state index contributed by atoms with van der Waals surface area (Å²) in [6.07, 6.45) is 0.793. The number of hydrogen-bond donors (Lipinski definition) is 1. The van der Waals surface area contributed by atoms with Gasteiger partial charge in [-0.1, -0.05) is 30.3 Å². The Morgan fingerprint density at radius 3 is 2.21 bits per heavy atom. The van der Waals surface area contributed by atoms with E-state index >= 15 is 0 Å². The molecule has 1 amide bonds. The van der Waals surface area contributed by atoms with Gasteiger partial charge in [-0.15, -0.1) is 0 Å². The van der Waals surface area contributed by atoms with Gasteiger partial charge in [0, 0.05) is 36.2 Å². The number of ether oxygens (including phenoxy) is 3. The van der Waals surface area contributed by atoms with Crippen LogP contribution in [0.25, 0.3) is 11.3 Å². The zero-order valence-corrected chi connectivity index (χ0v) is 16.2. The van der Waals surface area contributed by atoms with Gasteiger partial charge >= 0.3 is 0 Å². The first kappa shape index (κ1) is 19.4. The molecule has 2 aromatic carbocycles. The number of amides is 1. The minimum atomic E-state index is -0.132. The predicted molar refractivity (Wildman–Crippen MR) is 107 cm³/mol. The zero-order valence-electron chi connectivity index (χ0n) is 16.2. The standard InChI is InChI=1S/C22H23NO5/c1-25-19-13-16(14-20(26-2)22(19)27-3)23-21(24)12-10-17-9-11-18(28-17)15-7-5-4-6-8-15/h4-9,11,13-14H,10,12H2,1-3H3,(H,23,24). The summed E-state index contributed by atoms with van der Waals surface area (Å²) in [5.74, 6) is 2.87. The lowest BCUT2D eigenvalue weighted by atomic mass is 10.2. The van der Waals surface area contributed by atoms with Crippen molar-refractivity contribution in [2.75, 3.05) is 26.6 Å². The molecule has 3 aromatic rings. The normalized spacial score (nSPS) is 10.4. The summed E-state index contributed by atoms with van der Waals surface area (Å²) in [6.45, 7) is 0. The second kappa shape index (κ2) is 8.99. The van der Waals surface area contributed by atoms with Gasteiger partial charge in [0.1, 0.15) is 11.5 Å². The molecule has 0 aliphatic rings. The third-order valence-electron chi connectivity index (χ3n) is 4.27. The number of carbonyl (C=O) groups is 1. The maximum atomic E-state index is 12.4. The second-order valence-corrected chi connectivity index (χ2v) is 6.09. The van der Waals surface area contributed by atoms with Crippen LogP contribution >= 0.6 is 0 Å². The van der Waals surface area contributed by atoms with Crippen molar-refractivity contribution >= 4 is 11.6 Å². The van der Waals surface area contributed by atoms with Gasteiger partial charge in [-0.25, -0.2) is 0 Å². The first-order valence-electron chi connectivity index (χ1n) is 8.88. The van der Waals surface area contributed by atoms with E-state index in [1.54, 1.807) is 12.1 Å². The van der Waals surface area contributed by atoms with Crippen LogP contribution in [0.15, 0.2) is 59.0 Å². The van der Waals surface area contributed by atoms with Crippen LogP contribution in [0, 0.1) is 0 Å². The van der Waals surface area contributed by atoms with Crippen molar-refractivity contribution in [2.24, 2.45) is 0 Å². The van der Waals surface area contributed by atoms with Gasteiger partial charge in [-0.2, -0.15) is 0 Å². The number of hydrogen-bond acceptors (Lipinski definition) is 5. The maximum Gasteiger partial charge on any atom is 0.224 e. The van der Waals surface area contributed by atoms with Crippen LogP contribution in [0.5, 0.6) is 17.2 Å². The van der Waals surface area contributed by atoms with Crippen LogP contribution in [0.4, 0.5) is 5.69 Å². The van der Waals surface area contributed by atoms with Crippen molar-refractivity contribution < 1.29 is 23.4 Å². The van der Waals surface area contributed by atoms with Gasteiger partial charge in [-0.05, 0) is 12.1 Å². The van der Waals surface area contributed by atoms with E-state index in [4.69, 9.17) is 18.6 Å². The van der Waals surface area contributed by atoms with Gasteiger partial charge in [0.05, 0.1) is 21.3 Å². The Balaban J connectivity index is 1.63. The fourth-order valence-corrected chi connectivity index (χ4v) is 2.88. The molecule has 0 aliphatic heterocycles. The van der Waals surface area contributed by atoms with Crippen molar-refractivity contribution in [1.29, 1.82) is 0 Å². The molecule has 0 spiro atoms. The maximum absolute atomic E-state index is 12.4. The number of rotatable bonds is 8. The molecule has 0 saturated heterocycles.